The molecular weight excluding hydrogens is 196 g/mol. The molecule has 1 heterocycles. The molecule has 0 aliphatic carbocycles. The summed E-state index contributed by atoms with van der Waals surface area (Å²) in [7, 11) is 0. The molecule has 0 fully saturated rings. The number of hydrogen-bond donors (Lipinski definition) is 3. The number of amides is 1. The van der Waals surface area contributed by atoms with Crippen LogP contribution in [-0.4, -0.2) is 35.4 Å². The van der Waals surface area contributed by atoms with E-state index in [1.54, 1.807) is 12.1 Å². The maximum atomic E-state index is 11.4. The van der Waals surface area contributed by atoms with Crippen molar-refractivity contribution in [3.63, 3.8) is 0 Å². The molecule has 0 bridgehead atoms. The summed E-state index contributed by atoms with van der Waals surface area (Å²) in [6.45, 7) is 0.826. The summed E-state index contributed by atoms with van der Waals surface area (Å²) in [6.07, 6.45) is 2.59. The first-order chi connectivity index (χ1) is 7.27. The second-order valence-electron chi connectivity index (χ2n) is 2.76. The Hall–Kier alpha value is -1.95. The standard InChI is InChI=1S/C9H12N4O2/c10-3-4-11-9(14)7-1-2-8(6-13-15)12-5-7/h1-2,5-6,15H,3-4,10H2,(H,11,14)/b13-6-. The van der Waals surface area contributed by atoms with Crippen molar-refractivity contribution >= 4 is 12.1 Å². The molecule has 0 unspecified atom stereocenters. The van der Waals surface area contributed by atoms with Crippen LogP contribution in [0.2, 0.25) is 0 Å². The highest BCUT2D eigenvalue weighted by atomic mass is 16.4. The van der Waals surface area contributed by atoms with Gasteiger partial charge in [-0.15, -0.1) is 0 Å². The number of oxime groups is 1. The highest BCUT2D eigenvalue weighted by Crippen LogP contribution is 1.98. The lowest BCUT2D eigenvalue weighted by atomic mass is 10.2. The van der Waals surface area contributed by atoms with Gasteiger partial charge in [-0.1, -0.05) is 5.16 Å². The monoisotopic (exact) mass is 208 g/mol. The van der Waals surface area contributed by atoms with Gasteiger partial charge in [0.05, 0.1) is 17.5 Å². The Labute approximate surface area is 86.8 Å². The van der Waals surface area contributed by atoms with Crippen molar-refractivity contribution in [2.45, 2.75) is 0 Å². The molecule has 80 valence electrons. The average molecular weight is 208 g/mol. The molecule has 1 rings (SSSR count). The van der Waals surface area contributed by atoms with Gasteiger partial charge >= 0.3 is 0 Å². The lowest BCUT2D eigenvalue weighted by Crippen LogP contribution is -2.29. The number of carbonyl (C=O) groups is 1. The molecule has 0 aliphatic rings. The SMILES string of the molecule is NCCNC(=O)c1ccc(/C=N\O)nc1. The first-order valence-corrected chi connectivity index (χ1v) is 4.39. The number of nitrogens with one attached hydrogen (secondary N) is 1. The fourth-order valence-corrected chi connectivity index (χ4v) is 0.963. The third-order valence-corrected chi connectivity index (χ3v) is 1.67. The molecule has 0 atom stereocenters. The molecular formula is C9H12N4O2. The fourth-order valence-electron chi connectivity index (χ4n) is 0.963. The third-order valence-electron chi connectivity index (χ3n) is 1.67. The number of carbonyl (C=O) groups excluding carboxylic acids is 1. The Balaban J connectivity index is 2.66. The van der Waals surface area contributed by atoms with Crippen LogP contribution in [0, 0.1) is 0 Å². The van der Waals surface area contributed by atoms with Gasteiger partial charge in [0, 0.05) is 19.3 Å². The largest absolute Gasteiger partial charge is 0.411 e. The second-order valence-corrected chi connectivity index (χ2v) is 2.76. The summed E-state index contributed by atoms with van der Waals surface area (Å²) < 4.78 is 0. The van der Waals surface area contributed by atoms with Gasteiger partial charge in [-0.25, -0.2) is 0 Å². The van der Waals surface area contributed by atoms with E-state index in [1.165, 1.54) is 12.4 Å². The van der Waals surface area contributed by atoms with Crippen LogP contribution in [0.3, 0.4) is 0 Å². The van der Waals surface area contributed by atoms with Crippen LogP contribution in [0.1, 0.15) is 16.1 Å². The van der Waals surface area contributed by atoms with Gasteiger partial charge < -0.3 is 16.3 Å². The highest BCUT2D eigenvalue weighted by molar-refractivity contribution is 5.94. The maximum Gasteiger partial charge on any atom is 0.252 e. The number of aromatic nitrogens is 1. The topological polar surface area (TPSA) is 101 Å². The molecule has 4 N–H and O–H groups in total. The molecule has 0 spiro atoms. The predicted molar refractivity (Wildman–Crippen MR) is 55.0 cm³/mol. The van der Waals surface area contributed by atoms with Crippen LogP contribution in [0.4, 0.5) is 0 Å². The molecule has 0 aliphatic heterocycles. The number of rotatable bonds is 4. The van der Waals surface area contributed by atoms with Crippen LogP contribution in [0.25, 0.3) is 0 Å². The van der Waals surface area contributed by atoms with Gasteiger partial charge in [0.2, 0.25) is 0 Å². The zero-order chi connectivity index (χ0) is 11.1. The molecule has 6 heteroatoms. The lowest BCUT2D eigenvalue weighted by Gasteiger charge is -2.02. The third kappa shape index (κ3) is 3.35. The molecule has 1 aromatic heterocycles. The van der Waals surface area contributed by atoms with Crippen LogP contribution >= 0.6 is 0 Å². The van der Waals surface area contributed by atoms with Gasteiger partial charge in [-0.2, -0.15) is 0 Å². The van der Waals surface area contributed by atoms with Crippen molar-refractivity contribution in [2.24, 2.45) is 10.9 Å². The Morgan fingerprint density at radius 3 is 3.00 bits per heavy atom. The van der Waals surface area contributed by atoms with E-state index in [9.17, 15) is 4.79 Å². The molecule has 1 aromatic rings. The second kappa shape index (κ2) is 5.71. The lowest BCUT2D eigenvalue weighted by molar-refractivity contribution is 0.0954. The number of nitrogens with zero attached hydrogens (tertiary/aromatic N) is 2. The van der Waals surface area contributed by atoms with Crippen LogP contribution in [0.5, 0.6) is 0 Å². The zero-order valence-electron chi connectivity index (χ0n) is 8.05. The normalized spacial score (nSPS) is 10.5. The minimum absolute atomic E-state index is 0.222. The van der Waals surface area contributed by atoms with Crippen molar-refractivity contribution in [1.82, 2.24) is 10.3 Å². The van der Waals surface area contributed by atoms with Crippen LogP contribution in [-0.2, 0) is 0 Å². The quantitative estimate of drug-likeness (QED) is 0.355. The smallest absolute Gasteiger partial charge is 0.252 e. The Morgan fingerprint density at radius 1 is 1.67 bits per heavy atom. The van der Waals surface area contributed by atoms with E-state index in [0.29, 0.717) is 24.3 Å². The van der Waals surface area contributed by atoms with Gasteiger partial charge in [-0.3, -0.25) is 9.78 Å². The number of hydrogen-bond acceptors (Lipinski definition) is 5. The summed E-state index contributed by atoms with van der Waals surface area (Å²) in [5, 5.41) is 13.7. The van der Waals surface area contributed by atoms with Crippen molar-refractivity contribution < 1.29 is 10.0 Å². The van der Waals surface area contributed by atoms with Crippen molar-refractivity contribution in [3.05, 3.63) is 29.6 Å². The minimum atomic E-state index is -0.222. The summed E-state index contributed by atoms with van der Waals surface area (Å²) in [4.78, 5) is 15.3. The first kappa shape index (κ1) is 11.1. The van der Waals surface area contributed by atoms with E-state index in [4.69, 9.17) is 10.9 Å². The van der Waals surface area contributed by atoms with Gasteiger partial charge in [0.15, 0.2) is 0 Å². The first-order valence-electron chi connectivity index (χ1n) is 4.39. The van der Waals surface area contributed by atoms with Crippen molar-refractivity contribution in [1.29, 1.82) is 0 Å². The van der Waals surface area contributed by atoms with Crippen LogP contribution < -0.4 is 11.1 Å². The Kier molecular flexibility index (Phi) is 4.24. The molecule has 15 heavy (non-hydrogen) atoms. The minimum Gasteiger partial charge on any atom is -0.411 e. The van der Waals surface area contributed by atoms with E-state index in [2.05, 4.69) is 15.5 Å². The Morgan fingerprint density at radius 2 is 2.47 bits per heavy atom. The molecule has 0 saturated carbocycles. The highest BCUT2D eigenvalue weighted by Gasteiger charge is 2.03. The van der Waals surface area contributed by atoms with E-state index >= 15 is 0 Å². The van der Waals surface area contributed by atoms with E-state index < -0.39 is 0 Å². The summed E-state index contributed by atoms with van der Waals surface area (Å²) in [6, 6.07) is 3.17. The van der Waals surface area contributed by atoms with Crippen molar-refractivity contribution in [3.8, 4) is 0 Å². The summed E-state index contributed by atoms with van der Waals surface area (Å²) in [5.41, 5.74) is 6.17. The summed E-state index contributed by atoms with van der Waals surface area (Å²) >= 11 is 0. The maximum absolute atomic E-state index is 11.4. The predicted octanol–water partition coefficient (Wildman–Crippen LogP) is -0.422. The van der Waals surface area contributed by atoms with Gasteiger partial charge in [0.25, 0.3) is 5.91 Å². The van der Waals surface area contributed by atoms with E-state index in [0.717, 1.165) is 0 Å². The van der Waals surface area contributed by atoms with Gasteiger partial charge in [-0.05, 0) is 12.1 Å². The zero-order valence-corrected chi connectivity index (χ0v) is 8.05. The average Bonchev–Trinajstić information content (AvgIpc) is 2.27. The molecule has 1 amide bonds. The molecule has 0 saturated heterocycles. The van der Waals surface area contributed by atoms with E-state index in [-0.39, 0.29) is 5.91 Å². The number of nitrogens with two attached hydrogens (primary N) is 1. The van der Waals surface area contributed by atoms with Gasteiger partial charge in [0.1, 0.15) is 0 Å². The Bertz CT molecular complexity index is 348. The van der Waals surface area contributed by atoms with Crippen molar-refractivity contribution in [2.75, 3.05) is 13.1 Å². The number of pyridine rings is 1. The molecule has 0 aromatic carbocycles. The van der Waals surface area contributed by atoms with E-state index in [1.807, 2.05) is 0 Å². The summed E-state index contributed by atoms with van der Waals surface area (Å²) in [5.74, 6) is -0.222. The fraction of sp³-hybridized carbons (Fsp3) is 0.222. The molecule has 6 nitrogen and oxygen atoms in total. The molecule has 0 radical (unpaired) electrons. The van der Waals surface area contributed by atoms with Crippen LogP contribution in [0.15, 0.2) is 23.5 Å².